The van der Waals surface area contributed by atoms with Crippen molar-refractivity contribution in [1.82, 2.24) is 4.57 Å². The molecule has 1 saturated heterocycles. The minimum Gasteiger partial charge on any atom is -0.481 e. The van der Waals surface area contributed by atoms with Crippen molar-refractivity contribution in [2.24, 2.45) is 7.05 Å². The average molecular weight is 263 g/mol. The molecule has 1 aliphatic rings. The number of oxazole rings is 1. The first-order valence-corrected chi connectivity index (χ1v) is 5.91. The van der Waals surface area contributed by atoms with Crippen molar-refractivity contribution < 1.29 is 19.1 Å². The molecule has 100 valence electrons. The lowest BCUT2D eigenvalue weighted by molar-refractivity contribution is -0.145. The highest BCUT2D eigenvalue weighted by atomic mass is 16.5. The molecule has 0 amide bonds. The van der Waals surface area contributed by atoms with Crippen LogP contribution in [0.25, 0.3) is 11.1 Å². The third-order valence-corrected chi connectivity index (χ3v) is 3.65. The van der Waals surface area contributed by atoms with Crippen LogP contribution in [0.3, 0.4) is 0 Å². The zero-order chi connectivity index (χ0) is 13.6. The highest BCUT2D eigenvalue weighted by molar-refractivity contribution is 5.75. The van der Waals surface area contributed by atoms with Crippen LogP contribution in [0.15, 0.2) is 27.4 Å². The lowest BCUT2D eigenvalue weighted by Crippen LogP contribution is -2.48. The molecule has 0 atom stereocenters. The molecule has 0 unspecified atom stereocenters. The lowest BCUT2D eigenvalue weighted by atomic mass is 9.76. The quantitative estimate of drug-likeness (QED) is 0.888. The number of carboxylic acids is 1. The number of carbonyl (C=O) groups is 1. The molecular weight excluding hydrogens is 250 g/mol. The van der Waals surface area contributed by atoms with E-state index >= 15 is 0 Å². The fourth-order valence-corrected chi connectivity index (χ4v) is 2.47. The van der Waals surface area contributed by atoms with E-state index in [0.717, 1.165) is 5.56 Å². The summed E-state index contributed by atoms with van der Waals surface area (Å²) in [6, 6.07) is 5.32. The minimum absolute atomic E-state index is 0.0182. The minimum atomic E-state index is -0.857. The zero-order valence-electron chi connectivity index (χ0n) is 10.4. The molecule has 0 radical (unpaired) electrons. The van der Waals surface area contributed by atoms with Crippen LogP contribution in [-0.4, -0.2) is 28.9 Å². The summed E-state index contributed by atoms with van der Waals surface area (Å²) in [7, 11) is 1.62. The van der Waals surface area contributed by atoms with E-state index in [1.54, 1.807) is 19.2 Å². The number of ether oxygens (including phenoxy) is 1. The number of hydrogen-bond donors (Lipinski definition) is 1. The smallest absolute Gasteiger partial charge is 0.419 e. The van der Waals surface area contributed by atoms with E-state index in [4.69, 9.17) is 14.3 Å². The van der Waals surface area contributed by atoms with E-state index < -0.39 is 17.1 Å². The van der Waals surface area contributed by atoms with Crippen LogP contribution in [0.4, 0.5) is 0 Å². The highest BCUT2D eigenvalue weighted by Crippen LogP contribution is 2.36. The van der Waals surface area contributed by atoms with Gasteiger partial charge in [0.25, 0.3) is 0 Å². The zero-order valence-corrected chi connectivity index (χ0v) is 10.4. The van der Waals surface area contributed by atoms with Crippen molar-refractivity contribution in [3.05, 3.63) is 34.3 Å². The van der Waals surface area contributed by atoms with Gasteiger partial charge < -0.3 is 14.3 Å². The Bertz CT molecular complexity index is 707. The Kier molecular flexibility index (Phi) is 2.50. The molecule has 1 N–H and O–H groups in total. The Morgan fingerprint density at radius 3 is 2.79 bits per heavy atom. The number of aromatic nitrogens is 1. The molecule has 1 aliphatic heterocycles. The van der Waals surface area contributed by atoms with Gasteiger partial charge in [-0.2, -0.15) is 0 Å². The predicted molar refractivity (Wildman–Crippen MR) is 66.2 cm³/mol. The number of nitrogens with zero attached hydrogens (tertiary/aromatic N) is 1. The van der Waals surface area contributed by atoms with Gasteiger partial charge in [-0.05, 0) is 17.7 Å². The van der Waals surface area contributed by atoms with Gasteiger partial charge in [0, 0.05) is 7.05 Å². The second-order valence-electron chi connectivity index (χ2n) is 4.95. The number of fused-ring (bicyclic) bond motifs is 1. The van der Waals surface area contributed by atoms with E-state index in [1.165, 1.54) is 4.57 Å². The number of benzene rings is 1. The molecule has 0 aliphatic carbocycles. The van der Waals surface area contributed by atoms with Crippen molar-refractivity contribution in [2.45, 2.75) is 11.8 Å². The normalized spacial score (nSPS) is 17.3. The fourth-order valence-electron chi connectivity index (χ4n) is 2.47. The third-order valence-electron chi connectivity index (χ3n) is 3.65. The molecule has 0 spiro atoms. The van der Waals surface area contributed by atoms with E-state index in [0.29, 0.717) is 24.3 Å². The molecule has 3 rings (SSSR count). The first kappa shape index (κ1) is 12.0. The van der Waals surface area contributed by atoms with Crippen LogP contribution < -0.4 is 5.76 Å². The molecule has 1 aromatic carbocycles. The van der Waals surface area contributed by atoms with Gasteiger partial charge in [-0.3, -0.25) is 9.36 Å². The van der Waals surface area contributed by atoms with Crippen LogP contribution in [0.2, 0.25) is 0 Å². The van der Waals surface area contributed by atoms with Crippen LogP contribution >= 0.6 is 0 Å². The fraction of sp³-hybridized carbons (Fsp3) is 0.385. The number of carboxylic acid groups (broad SMARTS) is 1. The molecule has 1 aromatic heterocycles. The maximum absolute atomic E-state index is 11.4. The van der Waals surface area contributed by atoms with Crippen LogP contribution in [0.5, 0.6) is 0 Å². The van der Waals surface area contributed by atoms with Gasteiger partial charge in [-0.15, -0.1) is 0 Å². The molecule has 0 bridgehead atoms. The summed E-state index contributed by atoms with van der Waals surface area (Å²) in [5.41, 5.74) is 1.54. The Balaban J connectivity index is 2.12. The Labute approximate surface area is 108 Å². The van der Waals surface area contributed by atoms with Gasteiger partial charge in [0.1, 0.15) is 0 Å². The summed E-state index contributed by atoms with van der Waals surface area (Å²) in [5, 5.41) is 9.02. The number of rotatable bonds is 3. The van der Waals surface area contributed by atoms with Gasteiger partial charge in [0.15, 0.2) is 5.58 Å². The third kappa shape index (κ3) is 1.76. The summed E-state index contributed by atoms with van der Waals surface area (Å²) < 4.78 is 11.7. The summed E-state index contributed by atoms with van der Waals surface area (Å²) >= 11 is 0. The number of hydrogen-bond acceptors (Lipinski definition) is 4. The van der Waals surface area contributed by atoms with Crippen molar-refractivity contribution in [2.75, 3.05) is 13.2 Å². The molecule has 2 aromatic rings. The maximum atomic E-state index is 11.4. The summed E-state index contributed by atoms with van der Waals surface area (Å²) in [4.78, 5) is 22.4. The lowest BCUT2D eigenvalue weighted by Gasteiger charge is -2.40. The summed E-state index contributed by atoms with van der Waals surface area (Å²) in [5.74, 6) is -1.28. The van der Waals surface area contributed by atoms with E-state index in [1.807, 2.05) is 6.07 Å². The molecular formula is C13H13NO5. The van der Waals surface area contributed by atoms with E-state index in [-0.39, 0.29) is 6.42 Å². The van der Waals surface area contributed by atoms with Crippen molar-refractivity contribution >= 4 is 17.1 Å². The maximum Gasteiger partial charge on any atom is 0.419 e. The van der Waals surface area contributed by atoms with Gasteiger partial charge >= 0.3 is 11.7 Å². The van der Waals surface area contributed by atoms with Gasteiger partial charge in [-0.25, -0.2) is 4.79 Å². The van der Waals surface area contributed by atoms with Crippen molar-refractivity contribution in [3.63, 3.8) is 0 Å². The molecule has 6 heteroatoms. The molecule has 2 heterocycles. The first-order valence-electron chi connectivity index (χ1n) is 5.91. The predicted octanol–water partition coefficient (Wildman–Crippen LogP) is 0.874. The van der Waals surface area contributed by atoms with Crippen LogP contribution in [0.1, 0.15) is 12.0 Å². The van der Waals surface area contributed by atoms with Crippen molar-refractivity contribution in [3.8, 4) is 0 Å². The average Bonchev–Trinajstić information content (AvgIpc) is 2.60. The second-order valence-corrected chi connectivity index (χ2v) is 4.95. The molecule has 19 heavy (non-hydrogen) atoms. The highest BCUT2D eigenvalue weighted by Gasteiger charge is 2.42. The number of aliphatic carboxylic acids is 1. The number of aryl methyl sites for hydroxylation is 1. The molecule has 1 fully saturated rings. The second kappa shape index (κ2) is 3.96. The summed E-state index contributed by atoms with van der Waals surface area (Å²) in [6.07, 6.45) is 0.0182. The van der Waals surface area contributed by atoms with Crippen LogP contribution in [-0.2, 0) is 22.0 Å². The molecule has 6 nitrogen and oxygen atoms in total. The largest absolute Gasteiger partial charge is 0.481 e. The topological polar surface area (TPSA) is 81.7 Å². The Morgan fingerprint density at radius 2 is 2.21 bits per heavy atom. The first-order chi connectivity index (χ1) is 9.02. The van der Waals surface area contributed by atoms with Gasteiger partial charge in [0.2, 0.25) is 0 Å². The van der Waals surface area contributed by atoms with E-state index in [9.17, 15) is 9.59 Å². The standard InChI is InChI=1S/C13H13NO5/c1-14-9-4-8(2-3-10(9)19-12(14)17)13(5-11(15)16)6-18-7-13/h2-4H,5-7H2,1H3,(H,15,16). The van der Waals surface area contributed by atoms with E-state index in [2.05, 4.69) is 0 Å². The SMILES string of the molecule is Cn1c(=O)oc2ccc(C3(CC(=O)O)COC3)cc21. The van der Waals surface area contributed by atoms with Crippen LogP contribution in [0, 0.1) is 0 Å². The van der Waals surface area contributed by atoms with Gasteiger partial charge in [-0.1, -0.05) is 6.07 Å². The Morgan fingerprint density at radius 1 is 1.47 bits per heavy atom. The molecule has 0 saturated carbocycles. The van der Waals surface area contributed by atoms with Gasteiger partial charge in [0.05, 0.1) is 30.6 Å². The Hall–Kier alpha value is -2.08. The summed E-state index contributed by atoms with van der Waals surface area (Å²) in [6.45, 7) is 0.771. The van der Waals surface area contributed by atoms with Crippen molar-refractivity contribution in [1.29, 1.82) is 0 Å². The monoisotopic (exact) mass is 263 g/mol.